The van der Waals surface area contributed by atoms with Crippen LogP contribution in [0.5, 0.6) is 5.75 Å². The highest BCUT2D eigenvalue weighted by Gasteiger charge is 2.23. The van der Waals surface area contributed by atoms with E-state index in [4.69, 9.17) is 4.74 Å². The van der Waals surface area contributed by atoms with Crippen molar-refractivity contribution in [3.63, 3.8) is 0 Å². The van der Waals surface area contributed by atoms with E-state index in [1.807, 2.05) is 48.5 Å². The highest BCUT2D eigenvalue weighted by molar-refractivity contribution is 8.18. The van der Waals surface area contributed by atoms with Gasteiger partial charge in [0.2, 0.25) is 0 Å². The van der Waals surface area contributed by atoms with Crippen LogP contribution in [-0.2, 0) is 4.79 Å². The molecule has 1 aliphatic rings. The Morgan fingerprint density at radius 3 is 2.45 bits per heavy atom. The van der Waals surface area contributed by atoms with Crippen LogP contribution in [0, 0.1) is 13.8 Å². The standard InChI is InChI=1S/C26H32N2O2S/c1-4-5-6-7-8-9-16-30-23-14-11-21(12-15-23)18-24-25(29)28-26(31-24)27-22-13-10-19(2)20(3)17-22/h10-15,17-18H,4-9,16H2,1-3H3,(H,27,28,29). The van der Waals surface area contributed by atoms with Crippen LogP contribution in [0.15, 0.2) is 52.4 Å². The van der Waals surface area contributed by atoms with Crippen LogP contribution in [0.4, 0.5) is 5.69 Å². The zero-order valence-corrected chi connectivity index (χ0v) is 19.6. The van der Waals surface area contributed by atoms with Crippen LogP contribution in [0.25, 0.3) is 6.08 Å². The van der Waals surface area contributed by atoms with E-state index in [2.05, 4.69) is 31.1 Å². The molecule has 164 valence electrons. The molecule has 1 saturated heterocycles. The first-order valence-electron chi connectivity index (χ1n) is 11.1. The summed E-state index contributed by atoms with van der Waals surface area (Å²) in [6, 6.07) is 13.9. The smallest absolute Gasteiger partial charge is 0.264 e. The molecule has 0 spiro atoms. The summed E-state index contributed by atoms with van der Waals surface area (Å²) in [6.45, 7) is 7.12. The average molecular weight is 437 g/mol. The number of rotatable bonds is 10. The second-order valence-electron chi connectivity index (χ2n) is 7.94. The summed E-state index contributed by atoms with van der Waals surface area (Å²) in [5, 5.41) is 3.46. The van der Waals surface area contributed by atoms with Gasteiger partial charge in [-0.3, -0.25) is 4.79 Å². The number of amides is 1. The lowest BCUT2D eigenvalue weighted by Gasteiger charge is -2.06. The number of unbranched alkanes of at least 4 members (excludes halogenated alkanes) is 5. The molecule has 1 amide bonds. The first kappa shape index (κ1) is 23.1. The number of aliphatic imine (C=N–C) groups is 1. The predicted molar refractivity (Wildman–Crippen MR) is 132 cm³/mol. The van der Waals surface area contributed by atoms with Crippen LogP contribution in [0.1, 0.15) is 62.1 Å². The van der Waals surface area contributed by atoms with Gasteiger partial charge in [0.1, 0.15) is 5.75 Å². The molecule has 2 aromatic carbocycles. The van der Waals surface area contributed by atoms with E-state index in [1.165, 1.54) is 55.0 Å². The number of ether oxygens (including phenoxy) is 1. The lowest BCUT2D eigenvalue weighted by molar-refractivity contribution is -0.115. The Hall–Kier alpha value is -2.53. The molecule has 0 bridgehead atoms. The van der Waals surface area contributed by atoms with E-state index in [0.29, 0.717) is 10.1 Å². The number of carbonyl (C=O) groups is 1. The number of carbonyl (C=O) groups excluding carboxylic acids is 1. The third kappa shape index (κ3) is 7.28. The second kappa shape index (κ2) is 11.8. The zero-order chi connectivity index (χ0) is 22.1. The van der Waals surface area contributed by atoms with Crippen molar-refractivity contribution in [2.75, 3.05) is 6.61 Å². The molecule has 0 saturated carbocycles. The molecule has 0 unspecified atom stereocenters. The summed E-state index contributed by atoms with van der Waals surface area (Å²) in [5.41, 5.74) is 4.23. The predicted octanol–water partition coefficient (Wildman–Crippen LogP) is 6.93. The number of hydrogen-bond donors (Lipinski definition) is 1. The van der Waals surface area contributed by atoms with Gasteiger partial charge in [0, 0.05) is 0 Å². The quantitative estimate of drug-likeness (QED) is 0.324. The first-order chi connectivity index (χ1) is 15.0. The number of benzene rings is 2. The normalized spacial score (nSPS) is 16.2. The third-order valence-electron chi connectivity index (χ3n) is 5.32. The van der Waals surface area contributed by atoms with E-state index >= 15 is 0 Å². The van der Waals surface area contributed by atoms with Crippen LogP contribution in [0.3, 0.4) is 0 Å². The van der Waals surface area contributed by atoms with E-state index < -0.39 is 0 Å². The number of nitrogens with one attached hydrogen (secondary N) is 1. The van der Waals surface area contributed by atoms with Crippen molar-refractivity contribution in [2.24, 2.45) is 4.99 Å². The van der Waals surface area contributed by atoms with E-state index in [1.54, 1.807) is 0 Å². The third-order valence-corrected chi connectivity index (χ3v) is 6.23. The molecule has 4 nitrogen and oxygen atoms in total. The molecule has 5 heteroatoms. The fourth-order valence-corrected chi connectivity index (χ4v) is 4.12. The number of nitrogens with zero attached hydrogens (tertiary/aromatic N) is 1. The highest BCUT2D eigenvalue weighted by atomic mass is 32.2. The maximum absolute atomic E-state index is 12.3. The maximum Gasteiger partial charge on any atom is 0.264 e. The Labute approximate surface area is 190 Å². The van der Waals surface area contributed by atoms with Crippen molar-refractivity contribution >= 4 is 34.6 Å². The van der Waals surface area contributed by atoms with Gasteiger partial charge in [-0.05, 0) is 79.1 Å². The molecular weight excluding hydrogens is 404 g/mol. The summed E-state index contributed by atoms with van der Waals surface area (Å²) >= 11 is 1.37. The summed E-state index contributed by atoms with van der Waals surface area (Å²) in [5.74, 6) is 0.757. The monoisotopic (exact) mass is 436 g/mol. The minimum absolute atomic E-state index is 0.115. The largest absolute Gasteiger partial charge is 0.494 e. The van der Waals surface area contributed by atoms with Gasteiger partial charge >= 0.3 is 0 Å². The Morgan fingerprint density at radius 1 is 0.968 bits per heavy atom. The lowest BCUT2D eigenvalue weighted by atomic mass is 10.1. The highest BCUT2D eigenvalue weighted by Crippen LogP contribution is 2.29. The van der Waals surface area contributed by atoms with Gasteiger partial charge < -0.3 is 10.1 Å². The van der Waals surface area contributed by atoms with E-state index in [0.717, 1.165) is 30.0 Å². The fraction of sp³-hybridized carbons (Fsp3) is 0.385. The van der Waals surface area contributed by atoms with Crippen LogP contribution in [-0.4, -0.2) is 17.7 Å². The number of aryl methyl sites for hydroxylation is 2. The van der Waals surface area contributed by atoms with Gasteiger partial charge in [-0.2, -0.15) is 0 Å². The molecule has 2 aromatic rings. The molecule has 1 aliphatic heterocycles. The molecule has 3 rings (SSSR count). The summed E-state index contributed by atoms with van der Waals surface area (Å²) in [4.78, 5) is 17.5. The molecular formula is C26H32N2O2S. The Kier molecular flexibility index (Phi) is 8.77. The molecule has 31 heavy (non-hydrogen) atoms. The summed E-state index contributed by atoms with van der Waals surface area (Å²) < 4.78 is 5.84. The van der Waals surface area contributed by atoms with Crippen molar-refractivity contribution in [3.8, 4) is 5.75 Å². The van der Waals surface area contributed by atoms with Crippen molar-refractivity contribution in [2.45, 2.75) is 59.3 Å². The SMILES string of the molecule is CCCCCCCCOc1ccc(C=C2SC(=Nc3ccc(C)c(C)c3)NC2=O)cc1. The van der Waals surface area contributed by atoms with Crippen molar-refractivity contribution < 1.29 is 9.53 Å². The van der Waals surface area contributed by atoms with Crippen molar-refractivity contribution in [3.05, 3.63) is 64.1 Å². The molecule has 1 heterocycles. The molecule has 0 radical (unpaired) electrons. The van der Waals surface area contributed by atoms with Crippen LogP contribution >= 0.6 is 11.8 Å². The lowest BCUT2D eigenvalue weighted by Crippen LogP contribution is -2.19. The minimum Gasteiger partial charge on any atom is -0.494 e. The Morgan fingerprint density at radius 2 is 1.71 bits per heavy atom. The topological polar surface area (TPSA) is 50.7 Å². The molecule has 0 aliphatic carbocycles. The fourth-order valence-electron chi connectivity index (χ4n) is 3.28. The minimum atomic E-state index is -0.115. The Balaban J connectivity index is 1.52. The first-order valence-corrected chi connectivity index (χ1v) is 12.0. The number of amidine groups is 1. The van der Waals surface area contributed by atoms with Gasteiger partial charge in [-0.25, -0.2) is 4.99 Å². The van der Waals surface area contributed by atoms with Gasteiger partial charge in [0.05, 0.1) is 17.2 Å². The van der Waals surface area contributed by atoms with Crippen LogP contribution < -0.4 is 10.1 Å². The maximum atomic E-state index is 12.3. The van der Waals surface area contributed by atoms with Gasteiger partial charge in [0.15, 0.2) is 5.17 Å². The average Bonchev–Trinajstić information content (AvgIpc) is 3.10. The summed E-state index contributed by atoms with van der Waals surface area (Å²) in [6.07, 6.45) is 9.42. The molecule has 1 N–H and O–H groups in total. The van der Waals surface area contributed by atoms with Crippen molar-refractivity contribution in [1.29, 1.82) is 0 Å². The van der Waals surface area contributed by atoms with Gasteiger partial charge in [-0.1, -0.05) is 57.2 Å². The number of hydrogen-bond acceptors (Lipinski definition) is 4. The molecule has 1 fully saturated rings. The van der Waals surface area contributed by atoms with E-state index in [-0.39, 0.29) is 5.91 Å². The zero-order valence-electron chi connectivity index (χ0n) is 18.7. The summed E-state index contributed by atoms with van der Waals surface area (Å²) in [7, 11) is 0. The number of thioether (sulfide) groups is 1. The van der Waals surface area contributed by atoms with E-state index in [9.17, 15) is 4.79 Å². The van der Waals surface area contributed by atoms with Gasteiger partial charge in [0.25, 0.3) is 5.91 Å². The Bertz CT molecular complexity index is 948. The van der Waals surface area contributed by atoms with Crippen molar-refractivity contribution in [1.82, 2.24) is 5.32 Å². The molecule has 0 atom stereocenters. The van der Waals surface area contributed by atoms with Gasteiger partial charge in [-0.15, -0.1) is 0 Å². The van der Waals surface area contributed by atoms with Crippen LogP contribution in [0.2, 0.25) is 0 Å². The molecule has 0 aromatic heterocycles. The second-order valence-corrected chi connectivity index (χ2v) is 8.97.